The third kappa shape index (κ3) is 3.65. The molecule has 0 fully saturated rings. The monoisotopic (exact) mass is 365 g/mol. The van der Waals surface area contributed by atoms with Crippen molar-refractivity contribution < 1.29 is 8.42 Å². The van der Waals surface area contributed by atoms with Gasteiger partial charge >= 0.3 is 0 Å². The number of hydrogen-bond donors (Lipinski definition) is 0. The summed E-state index contributed by atoms with van der Waals surface area (Å²) in [6.07, 6.45) is 1.83. The normalized spacial score (nSPS) is 11.3. The Labute approximate surface area is 156 Å². The largest absolute Gasteiger partial charge is 0.268 e. The van der Waals surface area contributed by atoms with E-state index in [-0.39, 0.29) is 4.90 Å². The van der Waals surface area contributed by atoms with Gasteiger partial charge < -0.3 is 0 Å². The van der Waals surface area contributed by atoms with E-state index in [9.17, 15) is 8.42 Å². The number of aryl methyl sites for hydroxylation is 2. The first-order valence-electron chi connectivity index (χ1n) is 8.84. The molecule has 0 N–H and O–H groups in total. The highest BCUT2D eigenvalue weighted by molar-refractivity contribution is 7.93. The predicted molar refractivity (Wildman–Crippen MR) is 107 cm³/mol. The second-order valence-electron chi connectivity index (χ2n) is 6.12. The summed E-state index contributed by atoms with van der Waals surface area (Å²) in [6.45, 7) is 4.16. The molecule has 4 heteroatoms. The molecule has 0 aliphatic rings. The highest BCUT2D eigenvalue weighted by Gasteiger charge is 2.26. The summed E-state index contributed by atoms with van der Waals surface area (Å²) in [4.78, 5) is 0.277. The zero-order valence-electron chi connectivity index (χ0n) is 15.1. The van der Waals surface area contributed by atoms with Gasteiger partial charge in [-0.05, 0) is 60.4 Å². The number of anilines is 2. The van der Waals surface area contributed by atoms with E-state index in [4.69, 9.17) is 0 Å². The molecule has 3 nitrogen and oxygen atoms in total. The van der Waals surface area contributed by atoms with E-state index < -0.39 is 10.0 Å². The van der Waals surface area contributed by atoms with Gasteiger partial charge in [0.05, 0.1) is 16.3 Å². The fourth-order valence-electron chi connectivity index (χ4n) is 2.86. The molecule has 0 aliphatic carbocycles. The van der Waals surface area contributed by atoms with E-state index in [2.05, 4.69) is 13.8 Å². The highest BCUT2D eigenvalue weighted by Crippen LogP contribution is 2.32. The summed E-state index contributed by atoms with van der Waals surface area (Å²) < 4.78 is 28.2. The van der Waals surface area contributed by atoms with Crippen LogP contribution in [0.1, 0.15) is 25.0 Å². The number of rotatable bonds is 6. The van der Waals surface area contributed by atoms with Gasteiger partial charge in [-0.15, -0.1) is 0 Å². The van der Waals surface area contributed by atoms with E-state index in [0.29, 0.717) is 11.4 Å². The van der Waals surface area contributed by atoms with Gasteiger partial charge in [0.15, 0.2) is 0 Å². The van der Waals surface area contributed by atoms with Gasteiger partial charge in [0, 0.05) is 0 Å². The van der Waals surface area contributed by atoms with Gasteiger partial charge in [0.25, 0.3) is 10.0 Å². The Balaban J connectivity index is 2.14. The standard InChI is InChI=1S/C22H23NO2S/c1-3-18-10-14-20(15-11-18)23(21-16-12-19(4-2)13-17-21)26(24,25)22-8-6-5-7-9-22/h5-17H,3-4H2,1-2H3. The Bertz CT molecular complexity index is 900. The molecule has 0 aliphatic heterocycles. The topological polar surface area (TPSA) is 37.4 Å². The lowest BCUT2D eigenvalue weighted by molar-refractivity contribution is 0.596. The molecule has 3 aromatic carbocycles. The Kier molecular flexibility index (Phi) is 5.43. The molecule has 0 unspecified atom stereocenters. The lowest BCUT2D eigenvalue weighted by Gasteiger charge is -2.25. The number of nitrogens with zero attached hydrogens (tertiary/aromatic N) is 1. The molecule has 0 saturated heterocycles. The van der Waals surface area contributed by atoms with Crippen molar-refractivity contribution >= 4 is 21.4 Å². The smallest absolute Gasteiger partial charge is 0.235 e. The van der Waals surface area contributed by atoms with Crippen molar-refractivity contribution in [2.75, 3.05) is 4.31 Å². The van der Waals surface area contributed by atoms with Gasteiger partial charge in [-0.25, -0.2) is 12.7 Å². The van der Waals surface area contributed by atoms with Crippen LogP contribution in [-0.4, -0.2) is 8.42 Å². The van der Waals surface area contributed by atoms with Gasteiger partial charge in [0.1, 0.15) is 0 Å². The summed E-state index contributed by atoms with van der Waals surface area (Å²) >= 11 is 0. The lowest BCUT2D eigenvalue weighted by Crippen LogP contribution is -2.26. The third-order valence-corrected chi connectivity index (χ3v) is 6.21. The predicted octanol–water partition coefficient (Wildman–Crippen LogP) is 5.34. The van der Waals surface area contributed by atoms with Crippen LogP contribution in [0.4, 0.5) is 11.4 Å². The van der Waals surface area contributed by atoms with Crippen LogP contribution in [0.2, 0.25) is 0 Å². The van der Waals surface area contributed by atoms with Crippen LogP contribution in [0.15, 0.2) is 83.8 Å². The number of hydrogen-bond acceptors (Lipinski definition) is 2. The first-order valence-corrected chi connectivity index (χ1v) is 10.3. The van der Waals surface area contributed by atoms with E-state index >= 15 is 0 Å². The minimum atomic E-state index is -3.71. The van der Waals surface area contributed by atoms with Crippen molar-refractivity contribution in [3.8, 4) is 0 Å². The molecule has 0 bridgehead atoms. The maximum Gasteiger partial charge on any atom is 0.268 e. The maximum atomic E-state index is 13.4. The fourth-order valence-corrected chi connectivity index (χ4v) is 4.37. The Morgan fingerprint density at radius 2 is 1.08 bits per heavy atom. The summed E-state index contributed by atoms with van der Waals surface area (Å²) in [5, 5.41) is 0. The molecule has 0 radical (unpaired) electrons. The molecule has 0 heterocycles. The van der Waals surface area contributed by atoms with Crippen molar-refractivity contribution in [2.45, 2.75) is 31.6 Å². The molecule has 3 rings (SSSR count). The lowest BCUT2D eigenvalue weighted by atomic mass is 10.1. The molecular weight excluding hydrogens is 342 g/mol. The summed E-state index contributed by atoms with van der Waals surface area (Å²) in [5.41, 5.74) is 3.62. The summed E-state index contributed by atoms with van der Waals surface area (Å²) in [5.74, 6) is 0. The molecular formula is C22H23NO2S. The molecule has 0 amide bonds. The average molecular weight is 365 g/mol. The average Bonchev–Trinajstić information content (AvgIpc) is 2.70. The number of benzene rings is 3. The molecule has 3 aromatic rings. The molecule has 0 atom stereocenters. The highest BCUT2D eigenvalue weighted by atomic mass is 32.2. The second-order valence-corrected chi connectivity index (χ2v) is 7.91. The minimum absolute atomic E-state index is 0.277. The first kappa shape index (κ1) is 18.2. The van der Waals surface area contributed by atoms with Gasteiger partial charge in [-0.3, -0.25) is 0 Å². The van der Waals surface area contributed by atoms with Crippen molar-refractivity contribution in [1.82, 2.24) is 0 Å². The zero-order chi connectivity index (χ0) is 18.6. The van der Waals surface area contributed by atoms with Crippen LogP contribution in [0.25, 0.3) is 0 Å². The van der Waals surface area contributed by atoms with Crippen molar-refractivity contribution in [1.29, 1.82) is 0 Å². The van der Waals surface area contributed by atoms with Gasteiger partial charge in [-0.1, -0.05) is 56.3 Å². The van der Waals surface area contributed by atoms with Crippen molar-refractivity contribution in [2.24, 2.45) is 0 Å². The van der Waals surface area contributed by atoms with Crippen LogP contribution in [0.5, 0.6) is 0 Å². The van der Waals surface area contributed by atoms with Gasteiger partial charge in [-0.2, -0.15) is 0 Å². The maximum absolute atomic E-state index is 13.4. The van der Waals surface area contributed by atoms with E-state index in [1.54, 1.807) is 24.3 Å². The fraction of sp³-hybridized carbons (Fsp3) is 0.182. The first-order chi connectivity index (χ1) is 12.6. The van der Waals surface area contributed by atoms with Gasteiger partial charge in [0.2, 0.25) is 0 Å². The third-order valence-electron chi connectivity index (χ3n) is 4.44. The Morgan fingerprint density at radius 3 is 1.46 bits per heavy atom. The van der Waals surface area contributed by atoms with E-state index in [1.807, 2.05) is 54.6 Å². The van der Waals surface area contributed by atoms with Crippen LogP contribution < -0.4 is 4.31 Å². The molecule has 0 saturated carbocycles. The minimum Gasteiger partial charge on any atom is -0.235 e. The molecule has 26 heavy (non-hydrogen) atoms. The zero-order valence-corrected chi connectivity index (χ0v) is 15.9. The van der Waals surface area contributed by atoms with Crippen LogP contribution in [0, 0.1) is 0 Å². The van der Waals surface area contributed by atoms with Crippen LogP contribution >= 0.6 is 0 Å². The van der Waals surface area contributed by atoms with E-state index in [0.717, 1.165) is 12.8 Å². The van der Waals surface area contributed by atoms with Crippen molar-refractivity contribution in [3.05, 3.63) is 90.0 Å². The SMILES string of the molecule is CCc1ccc(N(c2ccc(CC)cc2)S(=O)(=O)c2ccccc2)cc1. The van der Waals surface area contributed by atoms with E-state index in [1.165, 1.54) is 15.4 Å². The quantitative estimate of drug-likeness (QED) is 0.591. The summed E-state index contributed by atoms with van der Waals surface area (Å²) in [7, 11) is -3.71. The Hall–Kier alpha value is -2.59. The second kappa shape index (κ2) is 7.75. The van der Waals surface area contributed by atoms with Crippen LogP contribution in [0.3, 0.4) is 0 Å². The molecule has 0 spiro atoms. The molecule has 134 valence electrons. The molecule has 0 aromatic heterocycles. The summed E-state index contributed by atoms with van der Waals surface area (Å²) in [6, 6.07) is 23.9. The Morgan fingerprint density at radius 1 is 0.654 bits per heavy atom. The number of sulfonamides is 1. The van der Waals surface area contributed by atoms with Crippen molar-refractivity contribution in [3.63, 3.8) is 0 Å². The van der Waals surface area contributed by atoms with Crippen LogP contribution in [-0.2, 0) is 22.9 Å².